The molecule has 3 aromatic rings. The lowest BCUT2D eigenvalue weighted by Gasteiger charge is -2.09. The van der Waals surface area contributed by atoms with Crippen molar-refractivity contribution in [1.82, 2.24) is 0 Å². The maximum atomic E-state index is 12.4. The summed E-state index contributed by atoms with van der Waals surface area (Å²) in [5.74, 6) is 0.560. The summed E-state index contributed by atoms with van der Waals surface area (Å²) in [6.45, 7) is 2.04. The molecule has 0 aliphatic rings. The number of carbonyl (C=O) groups excluding carboxylic acids is 1. The zero-order chi connectivity index (χ0) is 20.7. The van der Waals surface area contributed by atoms with E-state index in [0.29, 0.717) is 23.5 Å². The highest BCUT2D eigenvalue weighted by Crippen LogP contribution is 2.20. The zero-order valence-corrected chi connectivity index (χ0v) is 17.6. The second-order valence-corrected chi connectivity index (χ2v) is 9.31. The van der Waals surface area contributed by atoms with E-state index >= 15 is 0 Å². The van der Waals surface area contributed by atoms with Gasteiger partial charge in [-0.2, -0.15) is 0 Å². The van der Waals surface area contributed by atoms with E-state index in [-0.39, 0.29) is 10.8 Å². The third kappa shape index (κ3) is 6.37. The van der Waals surface area contributed by atoms with Crippen LogP contribution in [0.5, 0.6) is 0 Å². The van der Waals surface area contributed by atoms with Crippen molar-refractivity contribution in [3.05, 3.63) is 84.4 Å². The van der Waals surface area contributed by atoms with Crippen molar-refractivity contribution >= 4 is 39.1 Å². The Balaban J connectivity index is 1.51. The lowest BCUT2D eigenvalue weighted by Crippen LogP contribution is -2.14. The van der Waals surface area contributed by atoms with Crippen LogP contribution in [0.2, 0.25) is 0 Å². The molecular formula is C22H22N2O3S2. The first kappa shape index (κ1) is 21.0. The van der Waals surface area contributed by atoms with E-state index < -0.39 is 10.0 Å². The Morgan fingerprint density at radius 2 is 1.52 bits per heavy atom. The van der Waals surface area contributed by atoms with Gasteiger partial charge in [0.2, 0.25) is 5.91 Å². The molecule has 0 aliphatic heterocycles. The number of aryl methyl sites for hydroxylation is 1. The first-order valence-electron chi connectivity index (χ1n) is 9.10. The third-order valence-electron chi connectivity index (χ3n) is 4.09. The van der Waals surface area contributed by atoms with E-state index in [9.17, 15) is 13.2 Å². The van der Waals surface area contributed by atoms with Crippen LogP contribution < -0.4 is 10.0 Å². The highest BCUT2D eigenvalue weighted by molar-refractivity contribution is 7.99. The Bertz CT molecular complexity index is 1050. The summed E-state index contributed by atoms with van der Waals surface area (Å²) in [5, 5.41) is 2.80. The van der Waals surface area contributed by atoms with Gasteiger partial charge in [0.1, 0.15) is 0 Å². The lowest BCUT2D eigenvalue weighted by molar-refractivity contribution is -0.115. The zero-order valence-electron chi connectivity index (χ0n) is 16.0. The first-order chi connectivity index (χ1) is 13.9. The standard InChI is InChI=1S/C22H22N2O3S2/c1-17-7-11-20(12-8-17)28-16-15-22(25)23-18-9-13-21(14-10-18)29(26,27)24-19-5-3-2-4-6-19/h2-14,24H,15-16H2,1H3,(H,23,25). The van der Waals surface area contributed by atoms with Gasteiger partial charge in [-0.3, -0.25) is 9.52 Å². The second kappa shape index (κ2) is 9.62. The first-order valence-corrected chi connectivity index (χ1v) is 11.6. The minimum Gasteiger partial charge on any atom is -0.326 e. The molecule has 0 radical (unpaired) electrons. The molecule has 2 N–H and O–H groups in total. The fourth-order valence-corrected chi connectivity index (χ4v) is 4.47. The van der Waals surface area contributed by atoms with E-state index in [1.165, 1.54) is 17.7 Å². The fraction of sp³-hybridized carbons (Fsp3) is 0.136. The molecule has 3 rings (SSSR count). The average Bonchev–Trinajstić information content (AvgIpc) is 2.70. The van der Waals surface area contributed by atoms with Gasteiger partial charge < -0.3 is 5.32 Å². The number of nitrogens with one attached hydrogen (secondary N) is 2. The van der Waals surface area contributed by atoms with Crippen molar-refractivity contribution < 1.29 is 13.2 Å². The molecule has 0 fully saturated rings. The molecule has 0 aromatic heterocycles. The summed E-state index contributed by atoms with van der Waals surface area (Å²) in [6.07, 6.45) is 0.369. The number of carbonyl (C=O) groups is 1. The monoisotopic (exact) mass is 426 g/mol. The van der Waals surface area contributed by atoms with Crippen LogP contribution in [0.3, 0.4) is 0 Å². The van der Waals surface area contributed by atoms with Gasteiger partial charge in [-0.25, -0.2) is 8.42 Å². The smallest absolute Gasteiger partial charge is 0.261 e. The van der Waals surface area contributed by atoms with E-state index in [0.717, 1.165) is 4.90 Å². The highest BCUT2D eigenvalue weighted by atomic mass is 32.2. The number of hydrogen-bond donors (Lipinski definition) is 2. The van der Waals surface area contributed by atoms with Gasteiger partial charge in [-0.1, -0.05) is 35.9 Å². The van der Waals surface area contributed by atoms with E-state index in [2.05, 4.69) is 10.0 Å². The summed E-state index contributed by atoms with van der Waals surface area (Å²) in [7, 11) is -3.67. The van der Waals surface area contributed by atoms with Crippen molar-refractivity contribution in [2.24, 2.45) is 0 Å². The van der Waals surface area contributed by atoms with Gasteiger partial charge in [0.15, 0.2) is 0 Å². The van der Waals surface area contributed by atoms with E-state index in [4.69, 9.17) is 0 Å². The van der Waals surface area contributed by atoms with Gasteiger partial charge in [0.05, 0.1) is 4.90 Å². The number of sulfonamides is 1. The number of hydrogen-bond acceptors (Lipinski definition) is 4. The summed E-state index contributed by atoms with van der Waals surface area (Å²) in [4.78, 5) is 13.4. The maximum absolute atomic E-state index is 12.4. The van der Waals surface area contributed by atoms with Gasteiger partial charge in [0.25, 0.3) is 10.0 Å². The predicted molar refractivity (Wildman–Crippen MR) is 119 cm³/mol. The minimum absolute atomic E-state index is 0.109. The Morgan fingerprint density at radius 1 is 0.862 bits per heavy atom. The number of benzene rings is 3. The highest BCUT2D eigenvalue weighted by Gasteiger charge is 2.14. The Labute approximate surface area is 175 Å². The van der Waals surface area contributed by atoms with Crippen molar-refractivity contribution in [2.45, 2.75) is 23.1 Å². The Hall–Kier alpha value is -2.77. The van der Waals surface area contributed by atoms with Crippen molar-refractivity contribution in [3.63, 3.8) is 0 Å². The van der Waals surface area contributed by atoms with Crippen molar-refractivity contribution in [3.8, 4) is 0 Å². The summed E-state index contributed by atoms with van der Waals surface area (Å²) in [6, 6.07) is 23.0. The molecule has 1 amide bonds. The molecule has 0 unspecified atom stereocenters. The largest absolute Gasteiger partial charge is 0.326 e. The average molecular weight is 427 g/mol. The molecule has 0 spiro atoms. The molecule has 150 valence electrons. The second-order valence-electron chi connectivity index (χ2n) is 6.46. The molecular weight excluding hydrogens is 404 g/mol. The number of rotatable bonds is 8. The van der Waals surface area contributed by atoms with Crippen LogP contribution in [-0.2, 0) is 14.8 Å². The van der Waals surface area contributed by atoms with Crippen molar-refractivity contribution in [1.29, 1.82) is 0 Å². The summed E-state index contributed by atoms with van der Waals surface area (Å²) < 4.78 is 27.4. The minimum atomic E-state index is -3.67. The van der Waals surface area contributed by atoms with Gasteiger partial charge in [-0.05, 0) is 55.5 Å². The van der Waals surface area contributed by atoms with E-state index in [1.807, 2.05) is 37.3 Å². The molecule has 0 atom stereocenters. The molecule has 0 aliphatic carbocycles. The Kier molecular flexibility index (Phi) is 6.95. The number of thioether (sulfide) groups is 1. The van der Waals surface area contributed by atoms with Crippen LogP contribution >= 0.6 is 11.8 Å². The molecule has 0 saturated carbocycles. The molecule has 0 heterocycles. The Morgan fingerprint density at radius 3 is 2.17 bits per heavy atom. The van der Waals surface area contributed by atoms with Gasteiger partial charge >= 0.3 is 0 Å². The number of anilines is 2. The van der Waals surface area contributed by atoms with Crippen LogP contribution in [0.25, 0.3) is 0 Å². The third-order valence-corrected chi connectivity index (χ3v) is 6.50. The summed E-state index contributed by atoms with van der Waals surface area (Å²) in [5.41, 5.74) is 2.27. The molecule has 0 saturated heterocycles. The normalized spacial score (nSPS) is 11.1. The molecule has 5 nitrogen and oxygen atoms in total. The van der Waals surface area contributed by atoms with Crippen LogP contribution in [0.15, 0.2) is 88.7 Å². The topological polar surface area (TPSA) is 75.3 Å². The van der Waals surface area contributed by atoms with Gasteiger partial charge in [0, 0.05) is 28.4 Å². The summed E-state index contributed by atoms with van der Waals surface area (Å²) >= 11 is 1.63. The SMILES string of the molecule is Cc1ccc(SCCC(=O)Nc2ccc(S(=O)(=O)Nc3ccccc3)cc2)cc1. The van der Waals surface area contributed by atoms with Crippen molar-refractivity contribution in [2.75, 3.05) is 15.8 Å². The number of amides is 1. The molecule has 0 bridgehead atoms. The molecule has 7 heteroatoms. The molecule has 3 aromatic carbocycles. The van der Waals surface area contributed by atoms with Crippen LogP contribution in [0.4, 0.5) is 11.4 Å². The van der Waals surface area contributed by atoms with Crippen LogP contribution in [0, 0.1) is 6.92 Å². The molecule has 29 heavy (non-hydrogen) atoms. The van der Waals surface area contributed by atoms with Gasteiger partial charge in [-0.15, -0.1) is 11.8 Å². The van der Waals surface area contributed by atoms with Crippen LogP contribution in [-0.4, -0.2) is 20.1 Å². The predicted octanol–water partition coefficient (Wildman–Crippen LogP) is 4.92. The maximum Gasteiger partial charge on any atom is 0.261 e. The number of para-hydroxylation sites is 1. The quantitative estimate of drug-likeness (QED) is 0.502. The fourth-order valence-electron chi connectivity index (χ4n) is 2.56. The van der Waals surface area contributed by atoms with E-state index in [1.54, 1.807) is 48.2 Å². The van der Waals surface area contributed by atoms with Crippen LogP contribution in [0.1, 0.15) is 12.0 Å². The lowest BCUT2D eigenvalue weighted by atomic mass is 10.2.